The Bertz CT molecular complexity index is 777. The number of pyridine rings is 1. The first kappa shape index (κ1) is 13.5. The number of hydrogen-bond acceptors (Lipinski definition) is 4. The van der Waals surface area contributed by atoms with Gasteiger partial charge in [0.25, 0.3) is 5.56 Å². The third-order valence-corrected chi connectivity index (χ3v) is 3.42. The second kappa shape index (κ2) is 5.88. The molecule has 3 aromatic rings. The first-order valence-electron chi connectivity index (χ1n) is 6.93. The van der Waals surface area contributed by atoms with Gasteiger partial charge in [0.15, 0.2) is 5.65 Å². The fourth-order valence-corrected chi connectivity index (χ4v) is 2.31. The molecule has 0 aliphatic carbocycles. The lowest BCUT2D eigenvalue weighted by atomic mass is 10.2. The third kappa shape index (κ3) is 3.00. The molecule has 0 radical (unpaired) electrons. The van der Waals surface area contributed by atoms with E-state index in [0.29, 0.717) is 12.2 Å². The quantitative estimate of drug-likeness (QED) is 0.769. The zero-order chi connectivity index (χ0) is 14.7. The molecule has 0 fully saturated rings. The van der Waals surface area contributed by atoms with Crippen LogP contribution >= 0.6 is 0 Å². The summed E-state index contributed by atoms with van der Waals surface area (Å²) < 4.78 is 1.43. The highest BCUT2D eigenvalue weighted by Crippen LogP contribution is 2.07. The van der Waals surface area contributed by atoms with Crippen LogP contribution in [0.1, 0.15) is 18.2 Å². The number of nitrogens with zero attached hydrogens (tertiary/aromatic N) is 4. The fourth-order valence-electron chi connectivity index (χ4n) is 2.31. The molecule has 6 heteroatoms. The molecule has 1 N–H and O–H groups in total. The highest BCUT2D eigenvalue weighted by Gasteiger charge is 2.08. The van der Waals surface area contributed by atoms with E-state index in [1.54, 1.807) is 30.7 Å². The van der Waals surface area contributed by atoms with E-state index in [4.69, 9.17) is 0 Å². The molecule has 6 nitrogen and oxygen atoms in total. The van der Waals surface area contributed by atoms with Crippen LogP contribution in [0.3, 0.4) is 0 Å². The Hall–Kier alpha value is -2.47. The number of nitrogens with one attached hydrogen (secondary N) is 1. The van der Waals surface area contributed by atoms with E-state index in [-0.39, 0.29) is 5.56 Å². The minimum atomic E-state index is -0.0834. The smallest absolute Gasteiger partial charge is 0.272 e. The average molecular weight is 283 g/mol. The maximum atomic E-state index is 12.0. The Kier molecular flexibility index (Phi) is 3.79. The summed E-state index contributed by atoms with van der Waals surface area (Å²) in [6.45, 7) is 4.45. The molecular weight excluding hydrogens is 266 g/mol. The van der Waals surface area contributed by atoms with Crippen molar-refractivity contribution < 1.29 is 0 Å². The van der Waals surface area contributed by atoms with Crippen LogP contribution in [-0.2, 0) is 13.1 Å². The zero-order valence-corrected chi connectivity index (χ0v) is 11.9. The zero-order valence-electron chi connectivity index (χ0n) is 11.9. The molecule has 0 unspecified atom stereocenters. The van der Waals surface area contributed by atoms with Crippen molar-refractivity contribution in [2.75, 3.05) is 6.54 Å². The van der Waals surface area contributed by atoms with Gasteiger partial charge in [-0.05, 0) is 24.2 Å². The highest BCUT2D eigenvalue weighted by molar-refractivity contribution is 5.36. The molecule has 0 saturated carbocycles. The topological polar surface area (TPSA) is 66.3 Å². The van der Waals surface area contributed by atoms with Gasteiger partial charge in [-0.15, -0.1) is 0 Å². The average Bonchev–Trinajstić information content (AvgIpc) is 2.96. The van der Waals surface area contributed by atoms with Crippen LogP contribution in [0.5, 0.6) is 0 Å². The van der Waals surface area contributed by atoms with Crippen molar-refractivity contribution in [1.29, 1.82) is 0 Å². The van der Waals surface area contributed by atoms with Gasteiger partial charge in [-0.2, -0.15) is 0 Å². The van der Waals surface area contributed by atoms with Crippen LogP contribution < -0.4 is 5.56 Å². The maximum absolute atomic E-state index is 12.0. The molecule has 0 atom stereocenters. The lowest BCUT2D eigenvalue weighted by Crippen LogP contribution is -2.25. The minimum absolute atomic E-state index is 0.0834. The van der Waals surface area contributed by atoms with Crippen molar-refractivity contribution in [3.8, 4) is 0 Å². The summed E-state index contributed by atoms with van der Waals surface area (Å²) in [7, 11) is 0. The predicted molar refractivity (Wildman–Crippen MR) is 79.8 cm³/mol. The van der Waals surface area contributed by atoms with E-state index in [0.717, 1.165) is 18.8 Å². The van der Waals surface area contributed by atoms with Crippen LogP contribution in [0.15, 0.2) is 47.7 Å². The lowest BCUT2D eigenvalue weighted by molar-refractivity contribution is 0.268. The van der Waals surface area contributed by atoms with E-state index in [2.05, 4.69) is 26.9 Å². The van der Waals surface area contributed by atoms with Crippen molar-refractivity contribution in [3.63, 3.8) is 0 Å². The van der Waals surface area contributed by atoms with E-state index in [9.17, 15) is 4.79 Å². The second-order valence-corrected chi connectivity index (χ2v) is 4.90. The maximum Gasteiger partial charge on any atom is 0.272 e. The van der Waals surface area contributed by atoms with Crippen molar-refractivity contribution in [2.24, 2.45) is 0 Å². The van der Waals surface area contributed by atoms with E-state index >= 15 is 0 Å². The van der Waals surface area contributed by atoms with Crippen LogP contribution in [0.4, 0.5) is 0 Å². The van der Waals surface area contributed by atoms with Gasteiger partial charge in [-0.3, -0.25) is 19.8 Å². The molecule has 108 valence electrons. The number of aromatic amines is 1. The fraction of sp³-hybridized carbons (Fsp3) is 0.267. The Morgan fingerprint density at radius 2 is 2.05 bits per heavy atom. The summed E-state index contributed by atoms with van der Waals surface area (Å²) in [6.07, 6.45) is 5.29. The van der Waals surface area contributed by atoms with Gasteiger partial charge in [-0.25, -0.2) is 9.50 Å². The standard InChI is InChI=1S/C15H17N5O/c1-2-19(10-12-3-6-16-7-4-12)11-13-9-15(21)20-14(18-13)5-8-17-20/h3-9,17H,2,10-11H2,1H3. The molecule has 21 heavy (non-hydrogen) atoms. The Morgan fingerprint density at radius 3 is 2.81 bits per heavy atom. The molecule has 0 amide bonds. The van der Waals surface area contributed by atoms with Gasteiger partial charge in [0.1, 0.15) is 0 Å². The predicted octanol–water partition coefficient (Wildman–Crippen LogP) is 1.44. The Balaban J connectivity index is 1.80. The molecule has 0 saturated heterocycles. The van der Waals surface area contributed by atoms with Gasteiger partial charge in [0, 0.05) is 43.8 Å². The van der Waals surface area contributed by atoms with Crippen LogP contribution in [0.2, 0.25) is 0 Å². The van der Waals surface area contributed by atoms with Crippen molar-refractivity contribution in [1.82, 2.24) is 24.5 Å². The summed E-state index contributed by atoms with van der Waals surface area (Å²) in [5, 5.41) is 2.84. The third-order valence-electron chi connectivity index (χ3n) is 3.42. The van der Waals surface area contributed by atoms with Crippen molar-refractivity contribution in [2.45, 2.75) is 20.0 Å². The minimum Gasteiger partial charge on any atom is -0.297 e. The lowest BCUT2D eigenvalue weighted by Gasteiger charge is -2.19. The van der Waals surface area contributed by atoms with Gasteiger partial charge >= 0.3 is 0 Å². The summed E-state index contributed by atoms with van der Waals surface area (Å²) in [5.41, 5.74) is 2.55. The molecule has 0 spiro atoms. The van der Waals surface area contributed by atoms with Gasteiger partial charge in [-0.1, -0.05) is 6.92 Å². The molecule has 0 aliphatic heterocycles. The number of aromatic nitrogens is 4. The monoisotopic (exact) mass is 283 g/mol. The van der Waals surface area contributed by atoms with Crippen molar-refractivity contribution >= 4 is 5.65 Å². The van der Waals surface area contributed by atoms with Gasteiger partial charge in [0.05, 0.1) is 5.69 Å². The highest BCUT2D eigenvalue weighted by atomic mass is 16.1. The van der Waals surface area contributed by atoms with Crippen molar-refractivity contribution in [3.05, 3.63) is 64.5 Å². The molecule has 0 bridgehead atoms. The summed E-state index contributed by atoms with van der Waals surface area (Å²) in [4.78, 5) is 22.7. The number of H-pyrrole nitrogens is 1. The summed E-state index contributed by atoms with van der Waals surface area (Å²) >= 11 is 0. The number of hydrogen-bond donors (Lipinski definition) is 1. The molecule has 3 heterocycles. The molecule has 3 aromatic heterocycles. The molecule has 3 rings (SSSR count). The van der Waals surface area contributed by atoms with Gasteiger partial charge in [0.2, 0.25) is 0 Å². The van der Waals surface area contributed by atoms with Crippen LogP contribution in [-0.4, -0.2) is 31.0 Å². The number of rotatable bonds is 5. The van der Waals surface area contributed by atoms with Crippen LogP contribution in [0.25, 0.3) is 5.65 Å². The van der Waals surface area contributed by atoms with E-state index in [1.807, 2.05) is 12.1 Å². The molecule has 0 aliphatic rings. The second-order valence-electron chi connectivity index (χ2n) is 4.90. The first-order chi connectivity index (χ1) is 10.3. The molecular formula is C15H17N5O. The largest absolute Gasteiger partial charge is 0.297 e. The normalized spacial score (nSPS) is 11.3. The van der Waals surface area contributed by atoms with E-state index in [1.165, 1.54) is 10.1 Å². The Labute approximate surface area is 122 Å². The summed E-state index contributed by atoms with van der Waals surface area (Å²) in [5.74, 6) is 0. The Morgan fingerprint density at radius 1 is 1.24 bits per heavy atom. The summed E-state index contributed by atoms with van der Waals surface area (Å²) in [6, 6.07) is 7.38. The number of fused-ring (bicyclic) bond motifs is 1. The van der Waals surface area contributed by atoms with E-state index < -0.39 is 0 Å². The first-order valence-corrected chi connectivity index (χ1v) is 6.93. The van der Waals surface area contributed by atoms with Gasteiger partial charge < -0.3 is 0 Å². The molecule has 0 aromatic carbocycles. The van der Waals surface area contributed by atoms with Crippen LogP contribution in [0, 0.1) is 0 Å². The SMILES string of the molecule is CCN(Cc1ccncc1)Cc1cc(=O)n2[nH]ccc2n1.